The van der Waals surface area contributed by atoms with Crippen LogP contribution in [0.2, 0.25) is 0 Å². The van der Waals surface area contributed by atoms with Gasteiger partial charge in [-0.25, -0.2) is 4.79 Å². The number of nitrogens with zero attached hydrogens (tertiary/aromatic N) is 2. The molecule has 0 spiro atoms. The number of phenolic OH excluding ortho intramolecular Hbond substituents is 1. The number of fused-ring (bicyclic) bond motifs is 2. The van der Waals surface area contributed by atoms with Crippen LogP contribution in [-0.4, -0.2) is 109 Å². The number of aromatic hydroxyl groups is 1. The van der Waals surface area contributed by atoms with Crippen LogP contribution < -0.4 is 4.74 Å². The monoisotopic (exact) mass is 660 g/mol. The molecule has 1 aliphatic heterocycles. The molecule has 0 saturated heterocycles. The number of amides is 1. The third-order valence-electron chi connectivity index (χ3n) is 9.46. The third kappa shape index (κ3) is 8.11. The molecule has 1 fully saturated rings. The van der Waals surface area contributed by atoms with E-state index >= 15 is 0 Å². The van der Waals surface area contributed by atoms with Crippen molar-refractivity contribution < 1.29 is 49.0 Å². The number of oxime groups is 1. The van der Waals surface area contributed by atoms with Gasteiger partial charge in [0.15, 0.2) is 0 Å². The van der Waals surface area contributed by atoms with Gasteiger partial charge in [-0.2, -0.15) is 0 Å². The fraction of sp³-hybridized carbons (Fsp3) is 0.657. The molecule has 47 heavy (non-hydrogen) atoms. The van der Waals surface area contributed by atoms with Crippen LogP contribution in [0.4, 0.5) is 4.79 Å². The van der Waals surface area contributed by atoms with Gasteiger partial charge in [-0.1, -0.05) is 30.1 Å². The van der Waals surface area contributed by atoms with E-state index in [4.69, 9.17) is 23.8 Å². The first-order valence-electron chi connectivity index (χ1n) is 16.8. The molecule has 4 rings (SSSR count). The number of rotatable bonds is 19. The zero-order chi connectivity index (χ0) is 33.8. The number of hydrogen-bond acceptors (Lipinski definition) is 11. The number of allylic oxidation sites excluding steroid dienone is 1. The van der Waals surface area contributed by atoms with Crippen LogP contribution in [0, 0.1) is 17.8 Å². The van der Waals surface area contributed by atoms with E-state index in [1.165, 1.54) is 7.11 Å². The highest BCUT2D eigenvalue weighted by molar-refractivity contribution is 6.02. The highest BCUT2D eigenvalue weighted by Gasteiger charge is 2.65. The fourth-order valence-corrected chi connectivity index (χ4v) is 7.62. The number of hydrogen-bond donors (Lipinski definition) is 4. The molecule has 262 valence electrons. The normalized spacial score (nSPS) is 26.9. The molecule has 1 aromatic rings. The summed E-state index contributed by atoms with van der Waals surface area (Å²) in [5.41, 5.74) is 2.42. The molecule has 12 nitrogen and oxygen atoms in total. The molecular formula is C35H52N2O10. The highest BCUT2D eigenvalue weighted by Crippen LogP contribution is 2.61. The van der Waals surface area contributed by atoms with Crippen LogP contribution in [0.5, 0.6) is 11.5 Å². The van der Waals surface area contributed by atoms with Crippen molar-refractivity contribution >= 4 is 11.8 Å². The van der Waals surface area contributed by atoms with Crippen LogP contribution in [0.3, 0.4) is 0 Å². The number of aliphatic hydroxyl groups excluding tert-OH is 3. The van der Waals surface area contributed by atoms with Crippen molar-refractivity contribution in [3.63, 3.8) is 0 Å². The van der Waals surface area contributed by atoms with E-state index in [1.54, 1.807) is 29.2 Å². The van der Waals surface area contributed by atoms with Crippen molar-refractivity contribution in [1.82, 2.24) is 4.90 Å². The molecule has 1 aromatic carbocycles. The van der Waals surface area contributed by atoms with Gasteiger partial charge < -0.3 is 44.2 Å². The Kier molecular flexibility index (Phi) is 13.9. The summed E-state index contributed by atoms with van der Waals surface area (Å²) in [5.74, 6) is -1.32. The Bertz CT molecular complexity index is 1240. The van der Waals surface area contributed by atoms with E-state index in [-0.39, 0.29) is 76.1 Å². The van der Waals surface area contributed by atoms with Crippen LogP contribution in [0.1, 0.15) is 63.4 Å². The minimum absolute atomic E-state index is 0.0525. The average Bonchev–Trinajstić information content (AvgIpc) is 3.08. The van der Waals surface area contributed by atoms with E-state index in [9.17, 15) is 25.2 Å². The van der Waals surface area contributed by atoms with Gasteiger partial charge in [-0.15, -0.1) is 6.58 Å². The molecule has 0 unspecified atom stereocenters. The molecule has 0 aromatic heterocycles. The summed E-state index contributed by atoms with van der Waals surface area (Å²) < 4.78 is 24.6. The first kappa shape index (κ1) is 36.7. The lowest BCUT2D eigenvalue weighted by Gasteiger charge is -2.59. The topological polar surface area (TPSA) is 160 Å². The maximum atomic E-state index is 13.6. The SMILES string of the molecule is C=CCO[C@@]12Oc3ccc(O)cc3[C@H]3[C@H](CCCCO)[C@@H](CCCCO)C=C(C(=NOCC)C[C@@H]1N(CCOCCO)C(=O)OC)[C@H]32. The number of carbonyl (C=O) groups is 1. The second-order valence-corrected chi connectivity index (χ2v) is 12.2. The molecule has 3 aliphatic rings. The van der Waals surface area contributed by atoms with Crippen molar-refractivity contribution in [1.29, 1.82) is 0 Å². The van der Waals surface area contributed by atoms with Crippen LogP contribution in [0.25, 0.3) is 0 Å². The van der Waals surface area contributed by atoms with Crippen molar-refractivity contribution in [2.45, 2.75) is 69.6 Å². The van der Waals surface area contributed by atoms with Gasteiger partial charge in [0.05, 0.1) is 45.2 Å². The Labute approximate surface area is 277 Å². The lowest BCUT2D eigenvalue weighted by molar-refractivity contribution is -0.255. The first-order valence-corrected chi connectivity index (χ1v) is 16.8. The summed E-state index contributed by atoms with van der Waals surface area (Å²) in [6.45, 7) is 6.67. The van der Waals surface area contributed by atoms with Gasteiger partial charge in [0.25, 0.3) is 0 Å². The van der Waals surface area contributed by atoms with E-state index in [0.29, 0.717) is 30.9 Å². The first-order chi connectivity index (χ1) is 22.9. The highest BCUT2D eigenvalue weighted by atomic mass is 16.7. The molecule has 1 amide bonds. The van der Waals surface area contributed by atoms with Crippen molar-refractivity contribution in [3.05, 3.63) is 48.1 Å². The Morgan fingerprint density at radius 3 is 2.57 bits per heavy atom. The van der Waals surface area contributed by atoms with Gasteiger partial charge in [0.1, 0.15) is 24.1 Å². The average molecular weight is 661 g/mol. The summed E-state index contributed by atoms with van der Waals surface area (Å²) >= 11 is 0. The minimum atomic E-state index is -1.42. The van der Waals surface area contributed by atoms with Gasteiger partial charge in [0.2, 0.25) is 5.79 Å². The summed E-state index contributed by atoms with van der Waals surface area (Å²) in [7, 11) is 1.32. The molecule has 12 heteroatoms. The minimum Gasteiger partial charge on any atom is -0.508 e. The van der Waals surface area contributed by atoms with Crippen LogP contribution in [-0.2, 0) is 19.0 Å². The van der Waals surface area contributed by atoms with E-state index in [1.807, 2.05) is 6.92 Å². The van der Waals surface area contributed by atoms with E-state index in [2.05, 4.69) is 17.8 Å². The van der Waals surface area contributed by atoms with E-state index in [0.717, 1.165) is 36.8 Å². The van der Waals surface area contributed by atoms with Crippen molar-refractivity contribution in [2.24, 2.45) is 22.9 Å². The number of phenols is 1. The van der Waals surface area contributed by atoms with E-state index < -0.39 is 23.8 Å². The lowest BCUT2D eigenvalue weighted by Crippen LogP contribution is -2.70. The van der Waals surface area contributed by atoms with Gasteiger partial charge in [-0.3, -0.25) is 4.90 Å². The standard InChI is InChI=1S/C35H52N2O10/c1-4-18-45-35-31(37(34(42)43-3)14-19-44-20-17-40)23-29(36-46-5-2)27-21-24(10-6-8-15-38)26(11-7-9-16-39)32(33(27)35)28-22-25(41)12-13-30(28)47-35/h4,12-13,21-22,24,26,31-33,38-41H,1,5-11,14-20,23H2,2-3H3/t24-,26+,31-,32+,33+,35+/m0/s1. The fourth-order valence-electron chi connectivity index (χ4n) is 7.62. The molecule has 1 saturated carbocycles. The summed E-state index contributed by atoms with van der Waals surface area (Å²) in [5, 5.41) is 44.0. The second-order valence-electron chi connectivity index (χ2n) is 12.2. The van der Waals surface area contributed by atoms with Gasteiger partial charge in [-0.05, 0) is 68.2 Å². The maximum absolute atomic E-state index is 13.6. The maximum Gasteiger partial charge on any atom is 0.410 e. The Morgan fingerprint density at radius 1 is 1.13 bits per heavy atom. The summed E-state index contributed by atoms with van der Waals surface area (Å²) in [6, 6.07) is 4.34. The summed E-state index contributed by atoms with van der Waals surface area (Å²) in [6.07, 6.45) is 8.10. The predicted octanol–water partition coefficient (Wildman–Crippen LogP) is 4.12. The molecule has 0 radical (unpaired) electrons. The number of methoxy groups -OCH3 is 1. The lowest BCUT2D eigenvalue weighted by atomic mass is 9.55. The van der Waals surface area contributed by atoms with Crippen LogP contribution >= 0.6 is 0 Å². The van der Waals surface area contributed by atoms with Crippen molar-refractivity contribution in [3.8, 4) is 11.5 Å². The van der Waals surface area contributed by atoms with Crippen LogP contribution in [0.15, 0.2) is 47.7 Å². The predicted molar refractivity (Wildman–Crippen MR) is 175 cm³/mol. The number of unbranched alkanes of at least 4 members (excludes halogenated alkanes) is 2. The zero-order valence-corrected chi connectivity index (χ0v) is 27.7. The molecular weight excluding hydrogens is 608 g/mol. The third-order valence-corrected chi connectivity index (χ3v) is 9.46. The summed E-state index contributed by atoms with van der Waals surface area (Å²) in [4.78, 5) is 20.8. The quantitative estimate of drug-likeness (QED) is 0.0966. The Balaban J connectivity index is 1.98. The number of carbonyl (C=O) groups excluding carboxylic acids is 1. The molecule has 6 atom stereocenters. The molecule has 1 heterocycles. The number of benzene rings is 1. The molecule has 4 N–H and O–H groups in total. The Morgan fingerprint density at radius 2 is 1.89 bits per heavy atom. The van der Waals surface area contributed by atoms with Gasteiger partial charge >= 0.3 is 6.09 Å². The number of ether oxygens (including phenoxy) is 4. The largest absolute Gasteiger partial charge is 0.508 e. The molecule has 0 bridgehead atoms. The van der Waals surface area contributed by atoms with Gasteiger partial charge in [0, 0.05) is 37.7 Å². The number of aliphatic hydroxyl groups is 3. The zero-order valence-electron chi connectivity index (χ0n) is 27.7. The smallest absolute Gasteiger partial charge is 0.410 e. The molecule has 2 aliphatic carbocycles. The Hall–Kier alpha value is -3.16. The van der Waals surface area contributed by atoms with Crippen molar-refractivity contribution in [2.75, 3.05) is 59.9 Å². The second kappa shape index (κ2) is 17.8.